The van der Waals surface area contributed by atoms with Gasteiger partial charge in [-0.3, -0.25) is 5.32 Å². The van der Waals surface area contributed by atoms with Crippen molar-refractivity contribution in [3.63, 3.8) is 0 Å². The third kappa shape index (κ3) is 1.14. The van der Waals surface area contributed by atoms with Gasteiger partial charge >= 0.3 is 0 Å². The average Bonchev–Trinajstić information content (AvgIpc) is 2.07. The molecule has 4 nitrogen and oxygen atoms in total. The average molecular weight is 164 g/mol. The van der Waals surface area contributed by atoms with Crippen LogP contribution in [-0.2, 0) is 6.54 Å². The SMILES string of the molecule is Cc1ncc2c(n1)N(C)CNC2. The van der Waals surface area contributed by atoms with Crippen LogP contribution in [0, 0.1) is 6.92 Å². The maximum atomic E-state index is 4.37. The van der Waals surface area contributed by atoms with Crippen LogP contribution in [0.2, 0.25) is 0 Å². The Hall–Kier alpha value is -1.16. The number of fused-ring (bicyclic) bond motifs is 1. The number of anilines is 1. The summed E-state index contributed by atoms with van der Waals surface area (Å²) in [7, 11) is 2.03. The third-order valence-electron chi connectivity index (χ3n) is 1.99. The number of aromatic nitrogens is 2. The predicted molar refractivity (Wildman–Crippen MR) is 46.9 cm³/mol. The molecule has 64 valence electrons. The highest BCUT2D eigenvalue weighted by molar-refractivity contribution is 5.46. The van der Waals surface area contributed by atoms with Crippen LogP contribution in [0.1, 0.15) is 11.4 Å². The summed E-state index contributed by atoms with van der Waals surface area (Å²) in [6.45, 7) is 3.65. The van der Waals surface area contributed by atoms with Crippen LogP contribution in [0.15, 0.2) is 6.20 Å². The number of hydrogen-bond acceptors (Lipinski definition) is 4. The Morgan fingerprint density at radius 2 is 2.42 bits per heavy atom. The van der Waals surface area contributed by atoms with Crippen molar-refractivity contribution in [3.05, 3.63) is 17.6 Å². The topological polar surface area (TPSA) is 41.1 Å². The molecule has 2 heterocycles. The summed E-state index contributed by atoms with van der Waals surface area (Å²) in [6, 6.07) is 0. The van der Waals surface area contributed by atoms with Crippen LogP contribution in [-0.4, -0.2) is 23.7 Å². The van der Waals surface area contributed by atoms with E-state index in [0.29, 0.717) is 0 Å². The molecular weight excluding hydrogens is 152 g/mol. The van der Waals surface area contributed by atoms with Gasteiger partial charge in [0.05, 0.1) is 6.67 Å². The Kier molecular flexibility index (Phi) is 1.69. The van der Waals surface area contributed by atoms with Crippen LogP contribution >= 0.6 is 0 Å². The zero-order chi connectivity index (χ0) is 8.55. The molecule has 0 aliphatic carbocycles. The molecule has 0 aromatic carbocycles. The Balaban J connectivity index is 2.47. The maximum absolute atomic E-state index is 4.37. The van der Waals surface area contributed by atoms with E-state index >= 15 is 0 Å². The van der Waals surface area contributed by atoms with Gasteiger partial charge < -0.3 is 4.90 Å². The first kappa shape index (κ1) is 7.49. The molecule has 0 atom stereocenters. The lowest BCUT2D eigenvalue weighted by atomic mass is 10.2. The van der Waals surface area contributed by atoms with E-state index in [9.17, 15) is 0 Å². The summed E-state index contributed by atoms with van der Waals surface area (Å²) < 4.78 is 0. The lowest BCUT2D eigenvalue weighted by Crippen LogP contribution is -2.37. The summed E-state index contributed by atoms with van der Waals surface area (Å²) in [5.74, 6) is 1.89. The molecule has 12 heavy (non-hydrogen) atoms. The van der Waals surface area contributed by atoms with E-state index in [1.54, 1.807) is 0 Å². The molecule has 1 aliphatic heterocycles. The van der Waals surface area contributed by atoms with Crippen LogP contribution in [0.3, 0.4) is 0 Å². The van der Waals surface area contributed by atoms with Gasteiger partial charge in [-0.15, -0.1) is 0 Å². The number of nitrogens with zero attached hydrogens (tertiary/aromatic N) is 3. The van der Waals surface area contributed by atoms with Crippen molar-refractivity contribution in [1.82, 2.24) is 15.3 Å². The predicted octanol–water partition coefficient (Wildman–Crippen LogP) is 0.282. The van der Waals surface area contributed by atoms with Crippen LogP contribution < -0.4 is 10.2 Å². The lowest BCUT2D eigenvalue weighted by Gasteiger charge is -2.26. The molecule has 0 unspecified atom stereocenters. The summed E-state index contributed by atoms with van der Waals surface area (Å²) in [4.78, 5) is 10.6. The summed E-state index contributed by atoms with van der Waals surface area (Å²) >= 11 is 0. The van der Waals surface area contributed by atoms with E-state index in [-0.39, 0.29) is 0 Å². The van der Waals surface area contributed by atoms with Gasteiger partial charge in [-0.1, -0.05) is 0 Å². The third-order valence-corrected chi connectivity index (χ3v) is 1.99. The largest absolute Gasteiger partial charge is 0.347 e. The van der Waals surface area contributed by atoms with E-state index in [4.69, 9.17) is 0 Å². The first-order chi connectivity index (χ1) is 5.77. The zero-order valence-electron chi connectivity index (χ0n) is 7.33. The Morgan fingerprint density at radius 3 is 3.25 bits per heavy atom. The standard InChI is InChI=1S/C8H12N4/c1-6-10-4-7-3-9-5-12(2)8(7)11-6/h4,9H,3,5H2,1-2H3. The second-order valence-electron chi connectivity index (χ2n) is 3.05. The molecule has 0 radical (unpaired) electrons. The van der Waals surface area contributed by atoms with E-state index in [1.807, 2.05) is 20.2 Å². The van der Waals surface area contributed by atoms with Gasteiger partial charge in [0, 0.05) is 25.4 Å². The molecular formula is C8H12N4. The molecule has 0 fully saturated rings. The number of nitrogens with one attached hydrogen (secondary N) is 1. The van der Waals surface area contributed by atoms with Gasteiger partial charge in [-0.25, -0.2) is 9.97 Å². The first-order valence-corrected chi connectivity index (χ1v) is 4.02. The molecule has 1 N–H and O–H groups in total. The van der Waals surface area contributed by atoms with Gasteiger partial charge in [-0.05, 0) is 6.92 Å². The van der Waals surface area contributed by atoms with E-state index in [0.717, 1.165) is 24.9 Å². The highest BCUT2D eigenvalue weighted by atomic mass is 15.3. The molecule has 0 saturated heterocycles. The van der Waals surface area contributed by atoms with Gasteiger partial charge in [0.1, 0.15) is 11.6 Å². The normalized spacial score (nSPS) is 16.0. The smallest absolute Gasteiger partial charge is 0.137 e. The molecule has 0 spiro atoms. The van der Waals surface area contributed by atoms with E-state index in [2.05, 4.69) is 20.2 Å². The molecule has 0 saturated carbocycles. The Bertz CT molecular complexity index is 297. The minimum atomic E-state index is 0.836. The highest BCUT2D eigenvalue weighted by Crippen LogP contribution is 2.17. The van der Waals surface area contributed by atoms with Crippen molar-refractivity contribution in [2.24, 2.45) is 0 Å². The zero-order valence-corrected chi connectivity index (χ0v) is 7.33. The first-order valence-electron chi connectivity index (χ1n) is 4.02. The van der Waals surface area contributed by atoms with E-state index < -0.39 is 0 Å². The second-order valence-corrected chi connectivity index (χ2v) is 3.05. The van der Waals surface area contributed by atoms with Crippen molar-refractivity contribution < 1.29 is 0 Å². The maximum Gasteiger partial charge on any atom is 0.137 e. The minimum Gasteiger partial charge on any atom is -0.347 e. The van der Waals surface area contributed by atoms with Crippen molar-refractivity contribution in [1.29, 1.82) is 0 Å². The van der Waals surface area contributed by atoms with E-state index in [1.165, 1.54) is 5.56 Å². The summed E-state index contributed by atoms with van der Waals surface area (Å²) in [6.07, 6.45) is 1.89. The molecule has 1 aliphatic rings. The molecule has 0 bridgehead atoms. The summed E-state index contributed by atoms with van der Waals surface area (Å²) in [5.41, 5.74) is 1.18. The number of rotatable bonds is 0. The lowest BCUT2D eigenvalue weighted by molar-refractivity contribution is 0.631. The minimum absolute atomic E-state index is 0.836. The van der Waals surface area contributed by atoms with Crippen molar-refractivity contribution >= 4 is 5.82 Å². The van der Waals surface area contributed by atoms with Crippen LogP contribution in [0.5, 0.6) is 0 Å². The second kappa shape index (κ2) is 2.71. The quantitative estimate of drug-likeness (QED) is 0.598. The fourth-order valence-electron chi connectivity index (χ4n) is 1.37. The van der Waals surface area contributed by atoms with Crippen molar-refractivity contribution in [3.8, 4) is 0 Å². The Labute approximate surface area is 71.6 Å². The Morgan fingerprint density at radius 1 is 1.58 bits per heavy atom. The molecule has 1 aromatic rings. The molecule has 1 aromatic heterocycles. The fourth-order valence-corrected chi connectivity index (χ4v) is 1.37. The molecule has 0 amide bonds. The number of aryl methyl sites for hydroxylation is 1. The van der Waals surface area contributed by atoms with Crippen molar-refractivity contribution in [2.75, 3.05) is 18.6 Å². The molecule has 4 heteroatoms. The van der Waals surface area contributed by atoms with Gasteiger partial charge in [-0.2, -0.15) is 0 Å². The number of hydrogen-bond donors (Lipinski definition) is 1. The monoisotopic (exact) mass is 164 g/mol. The summed E-state index contributed by atoms with van der Waals surface area (Å²) in [5, 5.41) is 3.26. The molecule has 2 rings (SSSR count). The van der Waals surface area contributed by atoms with Gasteiger partial charge in [0.15, 0.2) is 0 Å². The van der Waals surface area contributed by atoms with Crippen LogP contribution in [0.25, 0.3) is 0 Å². The van der Waals surface area contributed by atoms with Crippen LogP contribution in [0.4, 0.5) is 5.82 Å². The van der Waals surface area contributed by atoms with Crippen molar-refractivity contribution in [2.45, 2.75) is 13.5 Å². The van der Waals surface area contributed by atoms with Gasteiger partial charge in [0.25, 0.3) is 0 Å². The fraction of sp³-hybridized carbons (Fsp3) is 0.500. The van der Waals surface area contributed by atoms with Gasteiger partial charge in [0.2, 0.25) is 0 Å². The highest BCUT2D eigenvalue weighted by Gasteiger charge is 2.14.